The van der Waals surface area contributed by atoms with E-state index in [1.165, 1.54) is 12.0 Å². The van der Waals surface area contributed by atoms with Gasteiger partial charge >= 0.3 is 0 Å². The van der Waals surface area contributed by atoms with Gasteiger partial charge in [-0.3, -0.25) is 0 Å². The second-order valence-electron chi connectivity index (χ2n) is 6.56. The van der Waals surface area contributed by atoms with Crippen molar-refractivity contribution in [2.24, 2.45) is 5.41 Å². The van der Waals surface area contributed by atoms with E-state index in [1.807, 2.05) is 0 Å². The highest BCUT2D eigenvalue weighted by Crippen LogP contribution is 2.42. The van der Waals surface area contributed by atoms with Gasteiger partial charge in [0.25, 0.3) is 0 Å². The molecule has 0 spiro atoms. The second-order valence-corrected chi connectivity index (χ2v) is 6.56. The molecule has 0 amide bonds. The molecule has 0 saturated heterocycles. The first-order valence-electron chi connectivity index (χ1n) is 8.05. The third kappa shape index (κ3) is 3.98. The van der Waals surface area contributed by atoms with E-state index in [1.54, 1.807) is 7.11 Å². The van der Waals surface area contributed by atoms with E-state index in [-0.39, 0.29) is 5.41 Å². The molecule has 118 valence electrons. The smallest absolute Gasteiger partial charge is 0.119 e. The van der Waals surface area contributed by atoms with E-state index < -0.39 is 0 Å². The first kappa shape index (κ1) is 16.3. The highest BCUT2D eigenvalue weighted by atomic mass is 16.5. The molecule has 1 aliphatic rings. The monoisotopic (exact) mass is 291 g/mol. The zero-order chi connectivity index (χ0) is 15.3. The molecular weight excluding hydrogens is 262 g/mol. The van der Waals surface area contributed by atoms with E-state index in [0.717, 1.165) is 31.7 Å². The zero-order valence-corrected chi connectivity index (χ0v) is 13.8. The molecular formula is C18H29NO2. The number of ether oxygens (including phenoxy) is 2. The van der Waals surface area contributed by atoms with Crippen molar-refractivity contribution in [2.45, 2.75) is 58.7 Å². The minimum Gasteiger partial charge on any atom is -0.494 e. The summed E-state index contributed by atoms with van der Waals surface area (Å²) < 4.78 is 11.2. The van der Waals surface area contributed by atoms with Gasteiger partial charge in [0, 0.05) is 25.1 Å². The molecule has 0 heterocycles. The van der Waals surface area contributed by atoms with Gasteiger partial charge < -0.3 is 14.8 Å². The fourth-order valence-electron chi connectivity index (χ4n) is 2.91. The van der Waals surface area contributed by atoms with Crippen LogP contribution < -0.4 is 10.1 Å². The van der Waals surface area contributed by atoms with Gasteiger partial charge in [-0.05, 0) is 30.5 Å². The number of methoxy groups -OCH3 is 1. The number of nitrogens with one attached hydrogen (secondary N) is 1. The van der Waals surface area contributed by atoms with Crippen molar-refractivity contribution in [1.29, 1.82) is 0 Å². The minimum absolute atomic E-state index is 0.220. The van der Waals surface area contributed by atoms with Gasteiger partial charge in [0.05, 0.1) is 12.7 Å². The third-order valence-corrected chi connectivity index (χ3v) is 4.70. The molecule has 3 heteroatoms. The lowest BCUT2D eigenvalue weighted by Gasteiger charge is -2.51. The van der Waals surface area contributed by atoms with Crippen molar-refractivity contribution in [1.82, 2.24) is 5.32 Å². The first-order valence-corrected chi connectivity index (χ1v) is 8.05. The topological polar surface area (TPSA) is 30.5 Å². The van der Waals surface area contributed by atoms with Gasteiger partial charge in [0.15, 0.2) is 0 Å². The molecule has 1 N–H and O–H groups in total. The predicted octanol–water partition coefficient (Wildman–Crippen LogP) is 3.77. The molecule has 2 rings (SSSR count). The number of hydrogen-bond donors (Lipinski definition) is 1. The molecule has 1 saturated carbocycles. The summed E-state index contributed by atoms with van der Waals surface area (Å²) in [5, 5.41) is 3.64. The quantitative estimate of drug-likeness (QED) is 0.740. The molecule has 1 aliphatic carbocycles. The summed E-state index contributed by atoms with van der Waals surface area (Å²) in [6.45, 7) is 8.43. The summed E-state index contributed by atoms with van der Waals surface area (Å²) in [6, 6.07) is 8.96. The maximum Gasteiger partial charge on any atom is 0.119 e. The molecule has 0 radical (unpaired) electrons. The molecule has 21 heavy (non-hydrogen) atoms. The summed E-state index contributed by atoms with van der Waals surface area (Å²) >= 11 is 0. The summed E-state index contributed by atoms with van der Waals surface area (Å²) in [5.74, 6) is 0.968. The Morgan fingerprint density at radius 2 is 1.95 bits per heavy atom. The normalized spacial score (nSPS) is 23.6. The largest absolute Gasteiger partial charge is 0.494 e. The highest BCUT2D eigenvalue weighted by molar-refractivity contribution is 5.27. The first-order chi connectivity index (χ1) is 10.1. The SMILES string of the molecule is CCCCOc1ccc(CNC2CC(OC)C2(C)C)cc1. The minimum atomic E-state index is 0.220. The summed E-state index contributed by atoms with van der Waals surface area (Å²) in [7, 11) is 1.81. The lowest BCUT2D eigenvalue weighted by molar-refractivity contribution is -0.0979. The van der Waals surface area contributed by atoms with Crippen LogP contribution >= 0.6 is 0 Å². The molecule has 1 aromatic carbocycles. The van der Waals surface area contributed by atoms with Gasteiger partial charge in [0.2, 0.25) is 0 Å². The van der Waals surface area contributed by atoms with Crippen LogP contribution in [0.4, 0.5) is 0 Å². The lowest BCUT2D eigenvalue weighted by Crippen LogP contribution is -2.60. The van der Waals surface area contributed by atoms with Crippen LogP contribution in [-0.2, 0) is 11.3 Å². The number of rotatable bonds is 8. The van der Waals surface area contributed by atoms with E-state index in [4.69, 9.17) is 9.47 Å². The molecule has 1 aromatic rings. The van der Waals surface area contributed by atoms with Crippen LogP contribution in [0.2, 0.25) is 0 Å². The average molecular weight is 291 g/mol. The van der Waals surface area contributed by atoms with Gasteiger partial charge in [-0.15, -0.1) is 0 Å². The zero-order valence-electron chi connectivity index (χ0n) is 13.8. The Morgan fingerprint density at radius 3 is 2.52 bits per heavy atom. The van der Waals surface area contributed by atoms with E-state index in [9.17, 15) is 0 Å². The Kier molecular flexibility index (Phi) is 5.65. The van der Waals surface area contributed by atoms with Crippen LogP contribution in [-0.4, -0.2) is 25.9 Å². The number of benzene rings is 1. The molecule has 0 bridgehead atoms. The Balaban J connectivity index is 1.77. The van der Waals surface area contributed by atoms with Crippen LogP contribution in [0.1, 0.15) is 45.6 Å². The van der Waals surface area contributed by atoms with Gasteiger partial charge in [-0.1, -0.05) is 39.3 Å². The number of hydrogen-bond acceptors (Lipinski definition) is 3. The maximum absolute atomic E-state index is 5.68. The van der Waals surface area contributed by atoms with Crippen LogP contribution in [0.5, 0.6) is 5.75 Å². The van der Waals surface area contributed by atoms with Crippen LogP contribution in [0.15, 0.2) is 24.3 Å². The van der Waals surface area contributed by atoms with Crippen molar-refractivity contribution >= 4 is 0 Å². The third-order valence-electron chi connectivity index (χ3n) is 4.70. The Labute approximate surface area is 129 Å². The molecule has 1 fully saturated rings. The Hall–Kier alpha value is -1.06. The Morgan fingerprint density at radius 1 is 1.24 bits per heavy atom. The second kappa shape index (κ2) is 7.28. The summed E-state index contributed by atoms with van der Waals surface area (Å²) in [5.41, 5.74) is 1.52. The van der Waals surface area contributed by atoms with Gasteiger partial charge in [-0.2, -0.15) is 0 Å². The standard InChI is InChI=1S/C18H29NO2/c1-5-6-11-21-15-9-7-14(8-10-15)13-19-16-12-17(20-4)18(16,2)3/h7-10,16-17,19H,5-6,11-13H2,1-4H3. The fourth-order valence-corrected chi connectivity index (χ4v) is 2.91. The highest BCUT2D eigenvalue weighted by Gasteiger charge is 2.48. The summed E-state index contributed by atoms with van der Waals surface area (Å²) in [6.07, 6.45) is 3.76. The molecule has 0 aliphatic heterocycles. The van der Waals surface area contributed by atoms with Crippen molar-refractivity contribution in [3.05, 3.63) is 29.8 Å². The average Bonchev–Trinajstić information content (AvgIpc) is 2.48. The fraction of sp³-hybridized carbons (Fsp3) is 0.667. The van der Waals surface area contributed by atoms with E-state index in [0.29, 0.717) is 12.1 Å². The van der Waals surface area contributed by atoms with Crippen molar-refractivity contribution < 1.29 is 9.47 Å². The van der Waals surface area contributed by atoms with Crippen LogP contribution in [0.3, 0.4) is 0 Å². The molecule has 3 nitrogen and oxygen atoms in total. The van der Waals surface area contributed by atoms with E-state index >= 15 is 0 Å². The van der Waals surface area contributed by atoms with Crippen molar-refractivity contribution in [3.8, 4) is 5.75 Å². The summed E-state index contributed by atoms with van der Waals surface area (Å²) in [4.78, 5) is 0. The Bertz CT molecular complexity index is 427. The molecule has 2 atom stereocenters. The predicted molar refractivity (Wildman–Crippen MR) is 86.7 cm³/mol. The molecule has 0 aromatic heterocycles. The molecule has 2 unspecified atom stereocenters. The van der Waals surface area contributed by atoms with Crippen molar-refractivity contribution in [3.63, 3.8) is 0 Å². The van der Waals surface area contributed by atoms with Gasteiger partial charge in [0.1, 0.15) is 5.75 Å². The lowest BCUT2D eigenvalue weighted by atomic mass is 9.64. The van der Waals surface area contributed by atoms with Crippen molar-refractivity contribution in [2.75, 3.05) is 13.7 Å². The van der Waals surface area contributed by atoms with Crippen LogP contribution in [0, 0.1) is 5.41 Å². The maximum atomic E-state index is 5.68. The van der Waals surface area contributed by atoms with Crippen LogP contribution in [0.25, 0.3) is 0 Å². The number of unbranched alkanes of at least 4 members (excludes halogenated alkanes) is 1. The van der Waals surface area contributed by atoms with E-state index in [2.05, 4.69) is 50.4 Å². The van der Waals surface area contributed by atoms with Gasteiger partial charge in [-0.25, -0.2) is 0 Å².